The molecule has 0 aliphatic carbocycles. The van der Waals surface area contributed by atoms with Crippen LogP contribution < -0.4 is 5.32 Å². The zero-order valence-corrected chi connectivity index (χ0v) is 10.0. The summed E-state index contributed by atoms with van der Waals surface area (Å²) in [7, 11) is 3.99. The molecule has 0 aliphatic heterocycles. The molecule has 80 valence electrons. The van der Waals surface area contributed by atoms with E-state index < -0.39 is 0 Å². The lowest BCUT2D eigenvalue weighted by Gasteiger charge is -2.13. The van der Waals surface area contributed by atoms with Gasteiger partial charge in [-0.05, 0) is 26.1 Å². The molecule has 2 heterocycles. The van der Waals surface area contributed by atoms with E-state index in [0.29, 0.717) is 0 Å². The molecule has 0 radical (unpaired) electrons. The molecule has 2 aromatic heterocycles. The van der Waals surface area contributed by atoms with Crippen molar-refractivity contribution < 1.29 is 0 Å². The number of thiophene rings is 1. The Hall–Kier alpha value is -1.13. The van der Waals surface area contributed by atoms with Crippen LogP contribution >= 0.6 is 11.3 Å². The van der Waals surface area contributed by atoms with Crippen LogP contribution in [0.3, 0.4) is 0 Å². The maximum atomic E-state index is 4.38. The first-order chi connectivity index (χ1) is 7.22. The van der Waals surface area contributed by atoms with E-state index in [-0.39, 0.29) is 6.04 Å². The standard InChI is InChI=1S/C11H15N3S/c1-8-4-5-9(15-8)10(12-2)11-13-6-7-14(11)3/h4-7,10,12H,1-3H3. The summed E-state index contributed by atoms with van der Waals surface area (Å²) in [6.45, 7) is 2.12. The smallest absolute Gasteiger partial charge is 0.131 e. The first-order valence-electron chi connectivity index (χ1n) is 4.93. The topological polar surface area (TPSA) is 29.9 Å². The zero-order chi connectivity index (χ0) is 10.8. The fraction of sp³-hybridized carbons (Fsp3) is 0.364. The molecule has 2 rings (SSSR count). The second kappa shape index (κ2) is 4.16. The molecular weight excluding hydrogens is 206 g/mol. The summed E-state index contributed by atoms with van der Waals surface area (Å²) in [5, 5.41) is 3.30. The number of aromatic nitrogens is 2. The van der Waals surface area contributed by atoms with Crippen molar-refractivity contribution in [3.63, 3.8) is 0 Å². The largest absolute Gasteiger partial charge is 0.336 e. The van der Waals surface area contributed by atoms with Gasteiger partial charge in [0.1, 0.15) is 11.9 Å². The molecule has 2 aromatic rings. The second-order valence-corrected chi connectivity index (χ2v) is 4.89. The second-order valence-electron chi connectivity index (χ2n) is 3.57. The summed E-state index contributed by atoms with van der Waals surface area (Å²) in [6, 6.07) is 4.51. The number of imidazole rings is 1. The number of aryl methyl sites for hydroxylation is 2. The maximum Gasteiger partial charge on any atom is 0.131 e. The van der Waals surface area contributed by atoms with E-state index in [1.165, 1.54) is 9.75 Å². The molecule has 0 bridgehead atoms. The summed E-state index contributed by atoms with van der Waals surface area (Å²) >= 11 is 1.81. The lowest BCUT2D eigenvalue weighted by atomic mass is 10.2. The van der Waals surface area contributed by atoms with Crippen LogP contribution in [-0.4, -0.2) is 16.6 Å². The molecule has 1 unspecified atom stereocenters. The first-order valence-corrected chi connectivity index (χ1v) is 5.75. The Kier molecular flexibility index (Phi) is 2.88. The normalized spacial score (nSPS) is 13.0. The van der Waals surface area contributed by atoms with Gasteiger partial charge >= 0.3 is 0 Å². The average Bonchev–Trinajstić information content (AvgIpc) is 2.79. The van der Waals surface area contributed by atoms with Crippen LogP contribution in [-0.2, 0) is 7.05 Å². The highest BCUT2D eigenvalue weighted by Crippen LogP contribution is 2.26. The average molecular weight is 221 g/mol. The fourth-order valence-corrected chi connectivity index (χ4v) is 2.65. The van der Waals surface area contributed by atoms with E-state index in [2.05, 4.69) is 33.9 Å². The summed E-state index contributed by atoms with van der Waals surface area (Å²) in [4.78, 5) is 7.02. The lowest BCUT2D eigenvalue weighted by molar-refractivity contribution is 0.626. The summed E-state index contributed by atoms with van der Waals surface area (Å²) < 4.78 is 2.05. The number of nitrogens with zero attached hydrogens (tertiary/aromatic N) is 2. The third kappa shape index (κ3) is 1.96. The van der Waals surface area contributed by atoms with E-state index >= 15 is 0 Å². The molecule has 1 N–H and O–H groups in total. The van der Waals surface area contributed by atoms with Gasteiger partial charge in [-0.25, -0.2) is 4.98 Å². The highest BCUT2D eigenvalue weighted by Gasteiger charge is 2.17. The van der Waals surface area contributed by atoms with Gasteiger partial charge in [-0.3, -0.25) is 0 Å². The number of nitrogens with one attached hydrogen (secondary N) is 1. The van der Waals surface area contributed by atoms with E-state index in [0.717, 1.165) is 5.82 Å². The summed E-state index contributed by atoms with van der Waals surface area (Å²) in [6.07, 6.45) is 3.81. The van der Waals surface area contributed by atoms with Crippen LogP contribution in [0.25, 0.3) is 0 Å². The Morgan fingerprint density at radius 3 is 2.73 bits per heavy atom. The molecule has 0 saturated carbocycles. The lowest BCUT2D eigenvalue weighted by Crippen LogP contribution is -2.20. The van der Waals surface area contributed by atoms with Crippen molar-refractivity contribution in [2.24, 2.45) is 7.05 Å². The molecule has 3 nitrogen and oxygen atoms in total. The number of hydrogen-bond donors (Lipinski definition) is 1. The highest BCUT2D eigenvalue weighted by atomic mass is 32.1. The monoisotopic (exact) mass is 221 g/mol. The Morgan fingerprint density at radius 1 is 1.47 bits per heavy atom. The van der Waals surface area contributed by atoms with Crippen molar-refractivity contribution in [1.82, 2.24) is 14.9 Å². The van der Waals surface area contributed by atoms with Gasteiger partial charge in [0.2, 0.25) is 0 Å². The van der Waals surface area contributed by atoms with E-state index in [4.69, 9.17) is 0 Å². The minimum Gasteiger partial charge on any atom is -0.336 e. The van der Waals surface area contributed by atoms with Gasteiger partial charge in [-0.2, -0.15) is 0 Å². The van der Waals surface area contributed by atoms with Crippen molar-refractivity contribution in [2.75, 3.05) is 7.05 Å². The van der Waals surface area contributed by atoms with E-state index in [9.17, 15) is 0 Å². The number of hydrogen-bond acceptors (Lipinski definition) is 3. The minimum atomic E-state index is 0.198. The Bertz CT molecular complexity index is 444. The van der Waals surface area contributed by atoms with Crippen molar-refractivity contribution in [1.29, 1.82) is 0 Å². The fourth-order valence-electron chi connectivity index (χ4n) is 1.66. The molecule has 0 saturated heterocycles. The quantitative estimate of drug-likeness (QED) is 0.860. The van der Waals surface area contributed by atoms with E-state index in [1.807, 2.05) is 37.8 Å². The molecule has 0 spiro atoms. The predicted octanol–water partition coefficient (Wildman–Crippen LogP) is 2.10. The first kappa shape index (κ1) is 10.4. The van der Waals surface area contributed by atoms with Gasteiger partial charge in [-0.15, -0.1) is 11.3 Å². The van der Waals surface area contributed by atoms with Crippen LogP contribution in [0.15, 0.2) is 24.5 Å². The van der Waals surface area contributed by atoms with Crippen LogP contribution in [0.4, 0.5) is 0 Å². The Morgan fingerprint density at radius 2 is 2.27 bits per heavy atom. The van der Waals surface area contributed by atoms with Crippen molar-refractivity contribution in [3.05, 3.63) is 40.1 Å². The van der Waals surface area contributed by atoms with Crippen LogP contribution in [0.5, 0.6) is 0 Å². The third-order valence-corrected chi connectivity index (χ3v) is 3.52. The van der Waals surface area contributed by atoms with Gasteiger partial charge in [0, 0.05) is 29.2 Å². The zero-order valence-electron chi connectivity index (χ0n) is 9.19. The molecule has 0 amide bonds. The molecule has 4 heteroatoms. The summed E-state index contributed by atoms with van der Waals surface area (Å²) in [5.41, 5.74) is 0. The van der Waals surface area contributed by atoms with Crippen molar-refractivity contribution in [2.45, 2.75) is 13.0 Å². The molecule has 0 aliphatic rings. The van der Waals surface area contributed by atoms with Crippen LogP contribution in [0, 0.1) is 6.92 Å². The van der Waals surface area contributed by atoms with Gasteiger partial charge in [-0.1, -0.05) is 0 Å². The van der Waals surface area contributed by atoms with Crippen molar-refractivity contribution >= 4 is 11.3 Å². The maximum absolute atomic E-state index is 4.38. The highest BCUT2D eigenvalue weighted by molar-refractivity contribution is 7.12. The number of rotatable bonds is 3. The third-order valence-electron chi connectivity index (χ3n) is 2.45. The molecule has 1 atom stereocenters. The molecule has 0 fully saturated rings. The molecule has 15 heavy (non-hydrogen) atoms. The van der Waals surface area contributed by atoms with Gasteiger partial charge in [0.15, 0.2) is 0 Å². The minimum absolute atomic E-state index is 0.198. The van der Waals surface area contributed by atoms with Gasteiger partial charge in [0.05, 0.1) is 0 Å². The van der Waals surface area contributed by atoms with Crippen molar-refractivity contribution in [3.8, 4) is 0 Å². The Labute approximate surface area is 93.8 Å². The molecule has 0 aromatic carbocycles. The Balaban J connectivity index is 2.36. The summed E-state index contributed by atoms with van der Waals surface area (Å²) in [5.74, 6) is 1.05. The molecular formula is C11H15N3S. The van der Waals surface area contributed by atoms with Gasteiger partial charge in [0.25, 0.3) is 0 Å². The SMILES string of the molecule is CNC(c1ccc(C)s1)c1nccn1C. The predicted molar refractivity (Wildman–Crippen MR) is 63.2 cm³/mol. The van der Waals surface area contributed by atoms with Gasteiger partial charge < -0.3 is 9.88 Å². The van der Waals surface area contributed by atoms with E-state index in [1.54, 1.807) is 0 Å². The van der Waals surface area contributed by atoms with Crippen LogP contribution in [0.2, 0.25) is 0 Å². The van der Waals surface area contributed by atoms with Crippen LogP contribution in [0.1, 0.15) is 21.6 Å².